The van der Waals surface area contributed by atoms with Gasteiger partial charge in [0.25, 0.3) is 0 Å². The number of anilines is 2. The van der Waals surface area contributed by atoms with Gasteiger partial charge in [-0.15, -0.1) is 11.3 Å². The van der Waals surface area contributed by atoms with E-state index in [1.54, 1.807) is 0 Å². The number of carboxylic acid groups (broad SMARTS) is 1. The summed E-state index contributed by atoms with van der Waals surface area (Å²) in [5.74, 6) is -0.000822. The molecule has 0 saturated heterocycles. The van der Waals surface area contributed by atoms with Gasteiger partial charge in [0.05, 0.1) is 10.2 Å². The molecule has 4 rings (SSSR count). The van der Waals surface area contributed by atoms with Crippen molar-refractivity contribution in [1.29, 1.82) is 0 Å². The van der Waals surface area contributed by atoms with Gasteiger partial charge < -0.3 is 15.2 Å². The van der Waals surface area contributed by atoms with Crippen molar-refractivity contribution in [3.63, 3.8) is 0 Å². The van der Waals surface area contributed by atoms with E-state index in [1.807, 2.05) is 78.2 Å². The fraction of sp³-hybridized carbons (Fsp3) is 0.120. The fourth-order valence-corrected chi connectivity index (χ4v) is 4.34. The summed E-state index contributed by atoms with van der Waals surface area (Å²) in [5, 5.41) is 14.9. The van der Waals surface area contributed by atoms with Crippen LogP contribution < -0.4 is 10.1 Å². The Morgan fingerprint density at radius 2 is 1.81 bits per heavy atom. The summed E-state index contributed by atoms with van der Waals surface area (Å²) < 4.78 is 6.81. The highest BCUT2D eigenvalue weighted by atomic mass is 79.9. The zero-order chi connectivity index (χ0) is 22.3. The van der Waals surface area contributed by atoms with Gasteiger partial charge in [0.1, 0.15) is 12.4 Å². The third kappa shape index (κ3) is 5.96. The van der Waals surface area contributed by atoms with E-state index in [0.29, 0.717) is 13.0 Å². The molecular weight excluding hydrogens is 488 g/mol. The van der Waals surface area contributed by atoms with Crippen LogP contribution in [0.2, 0.25) is 0 Å². The van der Waals surface area contributed by atoms with Gasteiger partial charge in [-0.2, -0.15) is 0 Å². The molecule has 0 unspecified atom stereocenters. The van der Waals surface area contributed by atoms with E-state index in [-0.39, 0.29) is 6.42 Å². The topological polar surface area (TPSA) is 71.5 Å². The molecule has 4 aromatic rings. The molecule has 0 atom stereocenters. The van der Waals surface area contributed by atoms with Crippen molar-refractivity contribution in [3.8, 4) is 17.0 Å². The summed E-state index contributed by atoms with van der Waals surface area (Å²) in [6, 6.07) is 23.8. The number of ether oxygens (including phenoxy) is 1. The van der Waals surface area contributed by atoms with Crippen molar-refractivity contribution < 1.29 is 14.6 Å². The maximum atomic E-state index is 10.7. The lowest BCUT2D eigenvalue weighted by molar-refractivity contribution is -0.136. The first-order valence-corrected chi connectivity index (χ1v) is 11.7. The Hall–Kier alpha value is -3.16. The van der Waals surface area contributed by atoms with E-state index in [4.69, 9.17) is 14.8 Å². The molecule has 1 aromatic heterocycles. The van der Waals surface area contributed by atoms with E-state index in [9.17, 15) is 4.79 Å². The molecule has 0 amide bonds. The number of hydrogen-bond acceptors (Lipinski definition) is 5. The number of halogens is 1. The maximum Gasteiger partial charge on any atom is 0.303 e. The van der Waals surface area contributed by atoms with Crippen LogP contribution in [0.1, 0.15) is 17.5 Å². The molecule has 2 N–H and O–H groups in total. The number of carbonyl (C=O) groups is 1. The number of benzene rings is 3. The summed E-state index contributed by atoms with van der Waals surface area (Å²) in [7, 11) is 0. The SMILES string of the molecule is O=C(O)CCc1ccc(Nc2nc(-c3ccc(OCc4ccccc4)c(Br)c3)cs2)cc1. The molecule has 3 aromatic carbocycles. The van der Waals surface area contributed by atoms with Crippen LogP contribution in [0.3, 0.4) is 0 Å². The highest BCUT2D eigenvalue weighted by Crippen LogP contribution is 2.33. The molecule has 0 spiro atoms. The highest BCUT2D eigenvalue weighted by Gasteiger charge is 2.09. The Morgan fingerprint density at radius 1 is 1.03 bits per heavy atom. The molecule has 0 radical (unpaired) electrons. The van der Waals surface area contributed by atoms with Gasteiger partial charge in [-0.1, -0.05) is 42.5 Å². The van der Waals surface area contributed by atoms with E-state index in [0.717, 1.165) is 43.4 Å². The minimum absolute atomic E-state index is 0.133. The Balaban J connectivity index is 1.38. The van der Waals surface area contributed by atoms with E-state index < -0.39 is 5.97 Å². The second-order valence-electron chi connectivity index (χ2n) is 7.17. The Bertz CT molecular complexity index is 1190. The zero-order valence-corrected chi connectivity index (χ0v) is 19.5. The third-order valence-electron chi connectivity index (χ3n) is 4.80. The van der Waals surface area contributed by atoms with Crippen LogP contribution in [0.15, 0.2) is 82.6 Å². The Labute approximate surface area is 198 Å². The van der Waals surface area contributed by atoms with Crippen molar-refractivity contribution in [2.24, 2.45) is 0 Å². The normalized spacial score (nSPS) is 10.7. The third-order valence-corrected chi connectivity index (χ3v) is 6.18. The summed E-state index contributed by atoms with van der Waals surface area (Å²) in [4.78, 5) is 15.4. The molecule has 0 fully saturated rings. The summed E-state index contributed by atoms with van der Waals surface area (Å²) in [6.45, 7) is 0.513. The number of aliphatic carboxylic acids is 1. The molecule has 0 aliphatic carbocycles. The van der Waals surface area contributed by atoms with Gasteiger partial charge in [-0.05, 0) is 63.8 Å². The Morgan fingerprint density at radius 3 is 2.53 bits per heavy atom. The van der Waals surface area contributed by atoms with Crippen LogP contribution in [0, 0.1) is 0 Å². The van der Waals surface area contributed by atoms with Crippen molar-refractivity contribution in [3.05, 3.63) is 93.8 Å². The van der Waals surface area contributed by atoms with Gasteiger partial charge in [0.15, 0.2) is 5.13 Å². The molecule has 7 heteroatoms. The smallest absolute Gasteiger partial charge is 0.303 e. The minimum Gasteiger partial charge on any atom is -0.488 e. The predicted molar refractivity (Wildman–Crippen MR) is 132 cm³/mol. The number of carboxylic acids is 1. The maximum absolute atomic E-state index is 10.7. The number of aromatic nitrogens is 1. The van der Waals surface area contributed by atoms with Crippen LogP contribution in [0.4, 0.5) is 10.8 Å². The van der Waals surface area contributed by atoms with Crippen LogP contribution in [0.5, 0.6) is 5.75 Å². The number of hydrogen-bond donors (Lipinski definition) is 2. The van der Waals surface area contributed by atoms with Crippen molar-refractivity contribution in [1.82, 2.24) is 4.98 Å². The number of aryl methyl sites for hydroxylation is 1. The largest absolute Gasteiger partial charge is 0.488 e. The lowest BCUT2D eigenvalue weighted by Gasteiger charge is -2.09. The van der Waals surface area contributed by atoms with Gasteiger partial charge in [-0.3, -0.25) is 4.79 Å². The number of nitrogens with one attached hydrogen (secondary N) is 1. The summed E-state index contributed by atoms with van der Waals surface area (Å²) >= 11 is 5.13. The highest BCUT2D eigenvalue weighted by molar-refractivity contribution is 9.10. The van der Waals surface area contributed by atoms with Gasteiger partial charge >= 0.3 is 5.97 Å². The van der Waals surface area contributed by atoms with Crippen molar-refractivity contribution >= 4 is 44.1 Å². The number of thiazole rings is 1. The molecule has 5 nitrogen and oxygen atoms in total. The second-order valence-corrected chi connectivity index (χ2v) is 8.89. The van der Waals surface area contributed by atoms with Crippen LogP contribution in [0.25, 0.3) is 11.3 Å². The van der Waals surface area contributed by atoms with E-state index in [1.165, 1.54) is 11.3 Å². The van der Waals surface area contributed by atoms with Gasteiger partial charge in [0.2, 0.25) is 0 Å². The minimum atomic E-state index is -0.787. The average molecular weight is 509 g/mol. The molecule has 0 saturated carbocycles. The summed E-state index contributed by atoms with van der Waals surface area (Å²) in [5.41, 5.74) is 4.91. The van der Waals surface area contributed by atoms with Crippen molar-refractivity contribution in [2.45, 2.75) is 19.4 Å². The average Bonchev–Trinajstić information content (AvgIpc) is 3.27. The molecule has 32 heavy (non-hydrogen) atoms. The quantitative estimate of drug-likeness (QED) is 0.257. The lowest BCUT2D eigenvalue weighted by atomic mass is 10.1. The van der Waals surface area contributed by atoms with Crippen LogP contribution in [-0.2, 0) is 17.8 Å². The zero-order valence-electron chi connectivity index (χ0n) is 17.1. The van der Waals surface area contributed by atoms with E-state index in [2.05, 4.69) is 21.2 Å². The molecular formula is C25H21BrN2O3S. The number of rotatable bonds is 9. The molecule has 0 aliphatic heterocycles. The van der Waals surface area contributed by atoms with Crippen LogP contribution >= 0.6 is 27.3 Å². The van der Waals surface area contributed by atoms with Gasteiger partial charge in [0, 0.05) is 23.1 Å². The second kappa shape index (κ2) is 10.4. The first kappa shape index (κ1) is 22.0. The predicted octanol–water partition coefficient (Wildman–Crippen LogP) is 6.91. The standard InChI is InChI=1S/C25H21BrN2O3S/c26-21-14-19(9-12-23(21)31-15-18-4-2-1-3-5-18)22-16-32-25(28-22)27-20-10-6-17(7-11-20)8-13-24(29)30/h1-7,9-12,14,16H,8,13,15H2,(H,27,28)(H,29,30). The molecule has 0 aliphatic rings. The number of nitrogens with zero attached hydrogens (tertiary/aromatic N) is 1. The van der Waals surface area contributed by atoms with Gasteiger partial charge in [-0.25, -0.2) is 4.98 Å². The Kier molecular flexibility index (Phi) is 7.19. The van der Waals surface area contributed by atoms with E-state index >= 15 is 0 Å². The lowest BCUT2D eigenvalue weighted by Crippen LogP contribution is -1.97. The molecule has 1 heterocycles. The van der Waals surface area contributed by atoms with Crippen molar-refractivity contribution in [2.75, 3.05) is 5.32 Å². The van der Waals surface area contributed by atoms with Crippen LogP contribution in [-0.4, -0.2) is 16.1 Å². The molecule has 162 valence electrons. The first-order chi connectivity index (χ1) is 15.6. The fourth-order valence-electron chi connectivity index (χ4n) is 3.11. The molecule has 0 bridgehead atoms. The monoisotopic (exact) mass is 508 g/mol. The first-order valence-electron chi connectivity index (χ1n) is 10.1. The summed E-state index contributed by atoms with van der Waals surface area (Å²) in [6.07, 6.45) is 0.658.